The molecule has 0 fully saturated rings. The van der Waals surface area contributed by atoms with E-state index >= 15 is 0 Å². The predicted molar refractivity (Wildman–Crippen MR) is 122 cm³/mol. The number of fused-ring (bicyclic) bond motifs is 1. The second-order valence-corrected chi connectivity index (χ2v) is 8.16. The molecule has 5 rings (SSSR count). The fourth-order valence-corrected chi connectivity index (χ4v) is 4.25. The van der Waals surface area contributed by atoms with E-state index < -0.39 is 0 Å². The van der Waals surface area contributed by atoms with Gasteiger partial charge < -0.3 is 14.3 Å². The predicted octanol–water partition coefficient (Wildman–Crippen LogP) is 6.78. The zero-order valence-corrected chi connectivity index (χ0v) is 17.6. The number of pyridine rings is 1. The van der Waals surface area contributed by atoms with Crippen molar-refractivity contribution in [2.24, 2.45) is 7.05 Å². The van der Waals surface area contributed by atoms with E-state index in [4.69, 9.17) is 16.0 Å². The fraction of sp³-hybridized carbons (Fsp3) is 0.0435. The SMILES string of the molecule is Cn1ccnc1Sc1ccc(Nc2ccnc3cc(-c4ccccc4)oc23)cc1Cl. The largest absolute Gasteiger partial charge is 0.452 e. The molecule has 3 aromatic heterocycles. The number of hydrogen-bond donors (Lipinski definition) is 1. The molecule has 5 aromatic rings. The van der Waals surface area contributed by atoms with Crippen molar-refractivity contribution < 1.29 is 4.42 Å². The lowest BCUT2D eigenvalue weighted by atomic mass is 10.2. The maximum absolute atomic E-state index is 6.53. The molecule has 0 atom stereocenters. The zero-order valence-electron chi connectivity index (χ0n) is 16.0. The Bertz CT molecular complexity index is 1330. The lowest BCUT2D eigenvalue weighted by Crippen LogP contribution is -1.92. The lowest BCUT2D eigenvalue weighted by Gasteiger charge is -2.10. The van der Waals surface area contributed by atoms with Gasteiger partial charge in [0.25, 0.3) is 0 Å². The van der Waals surface area contributed by atoms with E-state index in [2.05, 4.69) is 15.3 Å². The molecule has 7 heteroatoms. The Kier molecular flexibility index (Phi) is 4.94. The number of anilines is 2. The molecule has 0 bridgehead atoms. The van der Waals surface area contributed by atoms with Gasteiger partial charge in [-0.25, -0.2) is 4.98 Å². The third kappa shape index (κ3) is 3.67. The molecule has 0 amide bonds. The minimum absolute atomic E-state index is 0.655. The third-order valence-electron chi connectivity index (χ3n) is 4.66. The van der Waals surface area contributed by atoms with Crippen LogP contribution in [0.25, 0.3) is 22.4 Å². The summed E-state index contributed by atoms with van der Waals surface area (Å²) in [4.78, 5) is 9.72. The Morgan fingerprint density at radius 2 is 1.87 bits per heavy atom. The van der Waals surface area contributed by atoms with Crippen LogP contribution in [0.5, 0.6) is 0 Å². The van der Waals surface area contributed by atoms with E-state index in [1.807, 2.05) is 78.5 Å². The minimum atomic E-state index is 0.655. The fourth-order valence-electron chi connectivity index (χ4n) is 3.15. The maximum atomic E-state index is 6.53. The first-order valence-corrected chi connectivity index (χ1v) is 10.5. The van der Waals surface area contributed by atoms with Gasteiger partial charge in [0.2, 0.25) is 0 Å². The van der Waals surface area contributed by atoms with Gasteiger partial charge in [0.1, 0.15) is 11.3 Å². The molecule has 0 aliphatic heterocycles. The molecular formula is C23H17ClN4OS. The number of hydrogen-bond acceptors (Lipinski definition) is 5. The number of rotatable bonds is 5. The van der Waals surface area contributed by atoms with Gasteiger partial charge in [-0.3, -0.25) is 4.98 Å². The van der Waals surface area contributed by atoms with Gasteiger partial charge in [0, 0.05) is 47.9 Å². The van der Waals surface area contributed by atoms with E-state index in [-0.39, 0.29) is 0 Å². The van der Waals surface area contributed by atoms with E-state index in [1.54, 1.807) is 12.4 Å². The summed E-state index contributed by atoms with van der Waals surface area (Å²) in [6, 6.07) is 19.7. The normalized spacial score (nSPS) is 11.1. The summed E-state index contributed by atoms with van der Waals surface area (Å²) >= 11 is 8.06. The summed E-state index contributed by atoms with van der Waals surface area (Å²) in [7, 11) is 1.96. The van der Waals surface area contributed by atoms with E-state index in [9.17, 15) is 0 Å². The number of aryl methyl sites for hydroxylation is 1. The van der Waals surface area contributed by atoms with Gasteiger partial charge in [0.15, 0.2) is 10.7 Å². The van der Waals surface area contributed by atoms with Crippen LogP contribution in [0.3, 0.4) is 0 Å². The van der Waals surface area contributed by atoms with Gasteiger partial charge in [-0.15, -0.1) is 0 Å². The van der Waals surface area contributed by atoms with Gasteiger partial charge in [-0.1, -0.05) is 53.7 Å². The Labute approximate surface area is 182 Å². The maximum Gasteiger partial charge on any atom is 0.176 e. The van der Waals surface area contributed by atoms with E-state index in [0.29, 0.717) is 10.6 Å². The molecule has 0 spiro atoms. The van der Waals surface area contributed by atoms with Crippen LogP contribution < -0.4 is 5.32 Å². The molecule has 2 aromatic carbocycles. The molecule has 0 radical (unpaired) electrons. The molecule has 0 saturated heterocycles. The molecule has 30 heavy (non-hydrogen) atoms. The zero-order chi connectivity index (χ0) is 20.5. The summed E-state index contributed by atoms with van der Waals surface area (Å²) in [6.07, 6.45) is 5.45. The number of halogens is 1. The van der Waals surface area contributed by atoms with Gasteiger partial charge in [0.05, 0.1) is 10.7 Å². The smallest absolute Gasteiger partial charge is 0.176 e. The molecule has 0 saturated carbocycles. The van der Waals surface area contributed by atoms with Crippen LogP contribution in [0, 0.1) is 0 Å². The topological polar surface area (TPSA) is 55.9 Å². The van der Waals surface area contributed by atoms with Gasteiger partial charge in [-0.05, 0) is 24.3 Å². The first kappa shape index (κ1) is 18.8. The Morgan fingerprint density at radius 3 is 2.63 bits per heavy atom. The Hall–Kier alpha value is -3.22. The molecule has 3 heterocycles. The molecule has 0 aliphatic carbocycles. The van der Waals surface area contributed by atoms with Crippen LogP contribution in [0.15, 0.2) is 93.7 Å². The van der Waals surface area contributed by atoms with Crippen molar-refractivity contribution in [3.05, 3.63) is 84.3 Å². The summed E-state index contributed by atoms with van der Waals surface area (Å²) in [5.41, 5.74) is 4.23. The van der Waals surface area contributed by atoms with Crippen LogP contribution in [-0.4, -0.2) is 14.5 Å². The Balaban J connectivity index is 1.43. The highest BCUT2D eigenvalue weighted by Gasteiger charge is 2.12. The van der Waals surface area contributed by atoms with Gasteiger partial charge in [-0.2, -0.15) is 0 Å². The quantitative estimate of drug-likeness (QED) is 0.332. The van der Waals surface area contributed by atoms with E-state index in [1.165, 1.54) is 11.8 Å². The molecular weight excluding hydrogens is 416 g/mol. The highest BCUT2D eigenvalue weighted by Crippen LogP contribution is 2.36. The van der Waals surface area contributed by atoms with Crippen molar-refractivity contribution in [2.45, 2.75) is 10.1 Å². The molecule has 0 aliphatic rings. The summed E-state index contributed by atoms with van der Waals surface area (Å²) in [5, 5.41) is 4.94. The van der Waals surface area contributed by atoms with Crippen LogP contribution in [0.1, 0.15) is 0 Å². The lowest BCUT2D eigenvalue weighted by molar-refractivity contribution is 0.632. The van der Waals surface area contributed by atoms with Crippen molar-refractivity contribution in [3.8, 4) is 11.3 Å². The number of aromatic nitrogens is 3. The van der Waals surface area contributed by atoms with Crippen LogP contribution in [-0.2, 0) is 7.05 Å². The number of imidazole rings is 1. The second kappa shape index (κ2) is 7.89. The first-order chi connectivity index (χ1) is 14.7. The summed E-state index contributed by atoms with van der Waals surface area (Å²) in [6.45, 7) is 0. The molecule has 5 nitrogen and oxygen atoms in total. The van der Waals surface area contributed by atoms with Crippen molar-refractivity contribution in [2.75, 3.05) is 5.32 Å². The number of nitrogens with zero attached hydrogens (tertiary/aromatic N) is 3. The highest BCUT2D eigenvalue weighted by atomic mass is 35.5. The number of furan rings is 1. The van der Waals surface area contributed by atoms with E-state index in [0.717, 1.165) is 38.3 Å². The van der Waals surface area contributed by atoms with Crippen molar-refractivity contribution in [1.82, 2.24) is 14.5 Å². The number of benzene rings is 2. The monoisotopic (exact) mass is 432 g/mol. The Morgan fingerprint density at radius 1 is 1.00 bits per heavy atom. The standard InChI is InChI=1S/C23H17ClN4OS/c1-28-12-11-26-23(28)30-21-8-7-16(13-17(21)24)27-18-9-10-25-19-14-20(29-22(18)19)15-5-3-2-4-6-15/h2-14H,1H3,(H,25,27). The average Bonchev–Trinajstić information content (AvgIpc) is 3.37. The van der Waals surface area contributed by atoms with Crippen molar-refractivity contribution in [3.63, 3.8) is 0 Å². The highest BCUT2D eigenvalue weighted by molar-refractivity contribution is 7.99. The minimum Gasteiger partial charge on any atom is -0.452 e. The third-order valence-corrected chi connectivity index (χ3v) is 6.24. The van der Waals surface area contributed by atoms with Crippen molar-refractivity contribution >= 4 is 45.8 Å². The van der Waals surface area contributed by atoms with Crippen molar-refractivity contribution in [1.29, 1.82) is 0 Å². The summed E-state index contributed by atoms with van der Waals surface area (Å²) in [5.74, 6) is 0.784. The van der Waals surface area contributed by atoms with Crippen LogP contribution >= 0.6 is 23.4 Å². The molecule has 0 unspecified atom stereocenters. The second-order valence-electron chi connectivity index (χ2n) is 6.74. The molecule has 1 N–H and O–H groups in total. The van der Waals surface area contributed by atoms with Gasteiger partial charge >= 0.3 is 0 Å². The van der Waals surface area contributed by atoms with Crippen LogP contribution in [0.4, 0.5) is 11.4 Å². The number of nitrogens with one attached hydrogen (secondary N) is 1. The van der Waals surface area contributed by atoms with Crippen LogP contribution in [0.2, 0.25) is 5.02 Å². The molecule has 148 valence electrons. The summed E-state index contributed by atoms with van der Waals surface area (Å²) < 4.78 is 8.08. The average molecular weight is 433 g/mol. The first-order valence-electron chi connectivity index (χ1n) is 9.33.